The molecule has 18 heteroatoms. The van der Waals surface area contributed by atoms with Crippen molar-refractivity contribution in [3.05, 3.63) is 107 Å². The molecule has 3 aromatic rings. The highest BCUT2D eigenvalue weighted by molar-refractivity contribution is 8.00. The van der Waals surface area contributed by atoms with Gasteiger partial charge >= 0.3 is 0 Å². The maximum absolute atomic E-state index is 14.5. The summed E-state index contributed by atoms with van der Waals surface area (Å²) in [7, 11) is 3.67. The van der Waals surface area contributed by atoms with E-state index in [1.54, 1.807) is 23.5 Å². The summed E-state index contributed by atoms with van der Waals surface area (Å²) in [4.78, 5) is 62.4. The zero-order valence-corrected chi connectivity index (χ0v) is 46.2. The van der Waals surface area contributed by atoms with Crippen LogP contribution in [0.25, 0.3) is 0 Å². The van der Waals surface area contributed by atoms with Crippen molar-refractivity contribution >= 4 is 81.6 Å². The van der Waals surface area contributed by atoms with Crippen LogP contribution in [0.4, 0.5) is 0 Å². The average molecular weight is 1060 g/mol. The van der Waals surface area contributed by atoms with Crippen molar-refractivity contribution in [3.8, 4) is 0 Å². The van der Waals surface area contributed by atoms with Gasteiger partial charge in [-0.1, -0.05) is 137 Å². The molecule has 4 fully saturated rings. The minimum Gasteiger partial charge on any atom is -0.374 e. The van der Waals surface area contributed by atoms with Crippen LogP contribution in [-0.4, -0.2) is 129 Å². The van der Waals surface area contributed by atoms with E-state index in [-0.39, 0.29) is 59.7 Å². The number of rotatable bonds is 20. The molecule has 4 heterocycles. The van der Waals surface area contributed by atoms with E-state index in [1.165, 1.54) is 0 Å². The first-order valence-electron chi connectivity index (χ1n) is 25.2. The number of carbonyl (C=O) groups excluding carboxylic acids is 4. The Balaban J connectivity index is 0.960. The molecule has 0 bridgehead atoms. The van der Waals surface area contributed by atoms with Crippen LogP contribution in [0.15, 0.2) is 84.9 Å². The maximum atomic E-state index is 14.5. The van der Waals surface area contributed by atoms with Crippen molar-refractivity contribution in [2.75, 3.05) is 38.8 Å². The Hall–Kier alpha value is -4.14. The third-order valence-corrected chi connectivity index (χ3v) is 18.0. The van der Waals surface area contributed by atoms with E-state index < -0.39 is 47.1 Å². The summed E-state index contributed by atoms with van der Waals surface area (Å²) in [6.45, 7) is 13.3. The maximum Gasteiger partial charge on any atom is 0.246 e. The first kappa shape index (κ1) is 55.6. The van der Waals surface area contributed by atoms with Crippen LogP contribution in [0.2, 0.25) is 0 Å². The Bertz CT molecular complexity index is 2200. The smallest absolute Gasteiger partial charge is 0.246 e. The average Bonchev–Trinajstić information content (AvgIpc) is 3.69. The van der Waals surface area contributed by atoms with Gasteiger partial charge in [0, 0.05) is 0 Å². The summed E-state index contributed by atoms with van der Waals surface area (Å²) in [6, 6.07) is 24.1. The second-order valence-electron chi connectivity index (χ2n) is 20.8. The predicted octanol–water partition coefficient (Wildman–Crippen LogP) is 6.40. The van der Waals surface area contributed by atoms with Crippen molar-refractivity contribution in [2.24, 2.45) is 10.8 Å². The third-order valence-electron chi connectivity index (χ3n) is 14.5. The zero-order chi connectivity index (χ0) is 51.7. The first-order valence-corrected chi connectivity index (χ1v) is 28.1. The van der Waals surface area contributed by atoms with Crippen LogP contribution in [0.1, 0.15) is 102 Å². The summed E-state index contributed by atoms with van der Waals surface area (Å²) in [6.07, 6.45) is 2.66. The number of thioether (sulfide) groups is 2. The lowest BCUT2D eigenvalue weighted by atomic mass is 9.83. The molecule has 4 saturated heterocycles. The van der Waals surface area contributed by atoms with Gasteiger partial charge in [-0.3, -0.25) is 19.2 Å². The topological polar surface area (TPSA) is 165 Å². The Labute approximate surface area is 445 Å². The van der Waals surface area contributed by atoms with E-state index in [0.717, 1.165) is 33.8 Å². The number of nitrogens with zero attached hydrogens (tertiary/aromatic N) is 2. The summed E-state index contributed by atoms with van der Waals surface area (Å²) < 4.78 is 12.7. The Morgan fingerprint density at radius 3 is 1.33 bits per heavy atom. The van der Waals surface area contributed by atoms with Gasteiger partial charge in [-0.05, 0) is 98.2 Å². The first-order chi connectivity index (χ1) is 34.4. The van der Waals surface area contributed by atoms with Gasteiger partial charge in [-0.25, -0.2) is 0 Å². The number of benzene rings is 3. The molecule has 4 aliphatic rings. The molecule has 0 aromatic heterocycles. The molecule has 6 N–H and O–H groups in total. The lowest BCUT2D eigenvalue weighted by Gasteiger charge is -2.35. The van der Waals surface area contributed by atoms with Crippen LogP contribution in [0.3, 0.4) is 0 Å². The monoisotopic (exact) mass is 1060 g/mol. The van der Waals surface area contributed by atoms with Gasteiger partial charge in [0.05, 0.1) is 71.3 Å². The number of hydrogen-bond acceptors (Lipinski definition) is 12. The highest BCUT2D eigenvalue weighted by Crippen LogP contribution is 2.48. The number of ether oxygens (including phenoxy) is 2. The van der Waals surface area contributed by atoms with Gasteiger partial charge < -0.3 is 51.2 Å². The van der Waals surface area contributed by atoms with E-state index in [0.29, 0.717) is 48.9 Å². The van der Waals surface area contributed by atoms with Crippen molar-refractivity contribution in [1.29, 1.82) is 0 Å². The molecule has 390 valence electrons. The van der Waals surface area contributed by atoms with E-state index in [4.69, 9.17) is 33.9 Å². The molecular weight excluding hydrogens is 985 g/mol. The normalized spacial score (nSPS) is 25.2. The third kappa shape index (κ3) is 13.4. The Morgan fingerprint density at radius 2 is 0.986 bits per heavy atom. The van der Waals surface area contributed by atoms with Crippen molar-refractivity contribution < 1.29 is 28.7 Å². The fourth-order valence-electron chi connectivity index (χ4n) is 10.2. The van der Waals surface area contributed by atoms with Crippen molar-refractivity contribution in [2.45, 2.75) is 140 Å². The molecule has 0 radical (unpaired) electrons. The molecule has 0 saturated carbocycles. The molecule has 3 aromatic carbocycles. The van der Waals surface area contributed by atoms with Gasteiger partial charge in [-0.15, -0.1) is 23.5 Å². The molecule has 4 aliphatic heterocycles. The van der Waals surface area contributed by atoms with Gasteiger partial charge in [0.15, 0.2) is 0 Å². The second-order valence-corrected chi connectivity index (χ2v) is 24.3. The van der Waals surface area contributed by atoms with Gasteiger partial charge in [-0.2, -0.15) is 0 Å². The number of nitrogens with one attached hydrogen (secondary N) is 6. The number of likely N-dealkylation sites (N-methyl/N-ethyl adjacent to an activating group) is 2. The van der Waals surface area contributed by atoms with Crippen LogP contribution >= 0.6 is 48.0 Å². The fourth-order valence-corrected chi connectivity index (χ4v) is 13.9. The van der Waals surface area contributed by atoms with Crippen LogP contribution in [0, 0.1) is 10.8 Å². The number of thiocarbonyl (C=S) groups is 2. The quantitative estimate of drug-likeness (QED) is 0.0689. The molecule has 14 nitrogen and oxygen atoms in total. The molecule has 7 rings (SSSR count). The van der Waals surface area contributed by atoms with Gasteiger partial charge in [0.1, 0.15) is 24.2 Å². The SMILES string of the molecule is CNC(C)C(=S)N[C@H]1CCS[C@H]2CC(C)(C)[C@@H](C(=O)NC(COCc3ccc(COCC(NC(=O)[C@H]4N5C(=O)[C@@H](NC(=S)C(C)NC)CCS[C@H]5CC4(C)C)c4ccccc4)cc3)c3ccccc3)N2C1=O. The predicted molar refractivity (Wildman–Crippen MR) is 296 cm³/mol. The van der Waals surface area contributed by atoms with Gasteiger partial charge in [0.2, 0.25) is 23.6 Å². The number of amides is 4. The number of carbonyl (C=O) groups is 4. The van der Waals surface area contributed by atoms with E-state index in [2.05, 4.69) is 59.6 Å². The summed E-state index contributed by atoms with van der Waals surface area (Å²) in [5.74, 6) is 0.965. The Morgan fingerprint density at radius 1 is 0.625 bits per heavy atom. The summed E-state index contributed by atoms with van der Waals surface area (Å²) in [5.41, 5.74) is 2.80. The molecule has 0 spiro atoms. The summed E-state index contributed by atoms with van der Waals surface area (Å²) >= 11 is 14.7. The lowest BCUT2D eigenvalue weighted by Crippen LogP contribution is -2.58. The minimum absolute atomic E-state index is 0.0901. The fraction of sp³-hybridized carbons (Fsp3) is 0.556. The van der Waals surface area contributed by atoms with Crippen LogP contribution in [-0.2, 0) is 41.9 Å². The summed E-state index contributed by atoms with van der Waals surface area (Å²) in [5, 5.41) is 19.3. The molecule has 4 amide bonds. The number of fused-ring (bicyclic) bond motifs is 2. The number of hydrogen-bond donors (Lipinski definition) is 6. The van der Waals surface area contributed by atoms with Crippen LogP contribution < -0.4 is 31.9 Å². The highest BCUT2D eigenvalue weighted by atomic mass is 32.2. The molecule has 72 heavy (non-hydrogen) atoms. The minimum atomic E-state index is -0.676. The Kier molecular flexibility index (Phi) is 19.3. The molecular formula is C54H74N8O6S4. The molecule has 4 unspecified atom stereocenters. The van der Waals surface area contributed by atoms with E-state index in [9.17, 15) is 19.2 Å². The van der Waals surface area contributed by atoms with Crippen molar-refractivity contribution in [1.82, 2.24) is 41.7 Å². The highest BCUT2D eigenvalue weighted by Gasteiger charge is 2.56. The molecule has 0 aliphatic carbocycles. The zero-order valence-electron chi connectivity index (χ0n) is 42.9. The van der Waals surface area contributed by atoms with Gasteiger partial charge in [0.25, 0.3) is 0 Å². The van der Waals surface area contributed by atoms with Crippen molar-refractivity contribution in [3.63, 3.8) is 0 Å². The van der Waals surface area contributed by atoms with E-state index >= 15 is 0 Å². The lowest BCUT2D eigenvalue weighted by molar-refractivity contribution is -0.142. The van der Waals surface area contributed by atoms with E-state index in [1.807, 2.05) is 123 Å². The standard InChI is InChI=1S/C54H74N8O6S4/c1-33(55-7)49(69)59-39-23-25-71-43-27-53(3,4)45(61(43)51(39)65)47(63)57-41(37-15-11-9-12-16-37)31-67-29-35-19-21-36(22-20-35)30-68-32-42(38-17-13-10-14-18-38)58-48(64)46-54(5,6)28-44-62(46)52(66)40(24-26-72-44)60-50(70)34(2)56-8/h9-22,33-34,39-46,55-56H,23-32H2,1-8H3,(H,57,63)(H,58,64)(H,59,69)(H,60,70)/t33?,34?,39-,40-,41?,42?,43-,44-,45+,46+/m0/s1. The second kappa shape index (κ2) is 24.9. The largest absolute Gasteiger partial charge is 0.374 e. The van der Waals surface area contributed by atoms with Crippen LogP contribution in [0.5, 0.6) is 0 Å². The molecule has 10 atom stereocenters.